The number of benzene rings is 1. The van der Waals surface area contributed by atoms with Crippen LogP contribution in [-0.4, -0.2) is 24.4 Å². The van der Waals surface area contributed by atoms with E-state index in [1.165, 1.54) is 11.3 Å². The molecular weight excluding hydrogens is 350 g/mol. The van der Waals surface area contributed by atoms with Gasteiger partial charge in [-0.3, -0.25) is 4.79 Å². The van der Waals surface area contributed by atoms with Crippen molar-refractivity contribution in [1.82, 2.24) is 5.32 Å². The zero-order chi connectivity index (χ0) is 16.1. The maximum Gasteiger partial charge on any atom is 0.252 e. The van der Waals surface area contributed by atoms with Gasteiger partial charge < -0.3 is 10.1 Å². The Morgan fingerprint density at radius 1 is 1.35 bits per heavy atom. The van der Waals surface area contributed by atoms with E-state index < -0.39 is 0 Å². The van der Waals surface area contributed by atoms with Gasteiger partial charge in [0, 0.05) is 22.1 Å². The van der Waals surface area contributed by atoms with Crippen LogP contribution in [0.1, 0.15) is 28.1 Å². The van der Waals surface area contributed by atoms with Crippen LogP contribution in [0, 0.1) is 0 Å². The van der Waals surface area contributed by atoms with Crippen molar-refractivity contribution < 1.29 is 9.53 Å². The fraction of sp³-hybridized carbons (Fsp3) is 0.353. The van der Waals surface area contributed by atoms with E-state index in [1.54, 1.807) is 11.8 Å². The monoisotopic (exact) mass is 367 g/mol. The smallest absolute Gasteiger partial charge is 0.252 e. The summed E-state index contributed by atoms with van der Waals surface area (Å²) in [5.74, 6) is 0.843. The minimum absolute atomic E-state index is 0.0510. The molecule has 0 radical (unpaired) electrons. The van der Waals surface area contributed by atoms with Gasteiger partial charge in [0.2, 0.25) is 0 Å². The van der Waals surface area contributed by atoms with Crippen LogP contribution in [0.2, 0.25) is 4.34 Å². The molecule has 1 saturated heterocycles. The first-order chi connectivity index (χ1) is 11.2. The molecular formula is C17H18ClNO2S2. The number of halogens is 1. The van der Waals surface area contributed by atoms with Crippen LogP contribution in [0.4, 0.5) is 0 Å². The summed E-state index contributed by atoms with van der Waals surface area (Å²) in [6.07, 6.45) is 2.56. The van der Waals surface area contributed by atoms with E-state index in [2.05, 4.69) is 5.32 Å². The minimum Gasteiger partial charge on any atom is -0.377 e. The van der Waals surface area contributed by atoms with E-state index in [0.29, 0.717) is 12.6 Å². The van der Waals surface area contributed by atoms with Crippen molar-refractivity contribution in [2.45, 2.75) is 30.4 Å². The van der Waals surface area contributed by atoms with E-state index in [1.807, 2.05) is 36.4 Å². The second-order valence-corrected chi connectivity index (χ2v) is 8.19. The molecule has 122 valence electrons. The van der Waals surface area contributed by atoms with Crippen molar-refractivity contribution in [2.24, 2.45) is 0 Å². The zero-order valence-electron chi connectivity index (χ0n) is 12.6. The summed E-state index contributed by atoms with van der Waals surface area (Å²) in [6, 6.07) is 11.5. The number of hydrogen-bond acceptors (Lipinski definition) is 4. The van der Waals surface area contributed by atoms with Crippen molar-refractivity contribution in [1.29, 1.82) is 0 Å². The van der Waals surface area contributed by atoms with Gasteiger partial charge >= 0.3 is 0 Å². The number of rotatable bonds is 6. The second kappa shape index (κ2) is 8.20. The molecule has 1 atom stereocenters. The second-order valence-electron chi connectivity index (χ2n) is 5.33. The summed E-state index contributed by atoms with van der Waals surface area (Å²) in [7, 11) is 0. The van der Waals surface area contributed by atoms with Gasteiger partial charge in [0.25, 0.3) is 5.91 Å². The van der Waals surface area contributed by atoms with Gasteiger partial charge in [-0.15, -0.1) is 23.1 Å². The molecule has 1 amide bonds. The summed E-state index contributed by atoms with van der Waals surface area (Å²) < 4.78 is 6.39. The largest absolute Gasteiger partial charge is 0.377 e. The van der Waals surface area contributed by atoms with Crippen molar-refractivity contribution in [3.8, 4) is 0 Å². The Morgan fingerprint density at radius 2 is 2.22 bits per heavy atom. The molecule has 1 aliphatic heterocycles. The van der Waals surface area contributed by atoms with E-state index in [0.717, 1.165) is 44.9 Å². The van der Waals surface area contributed by atoms with Crippen molar-refractivity contribution in [3.05, 3.63) is 51.2 Å². The van der Waals surface area contributed by atoms with Crippen LogP contribution in [0.5, 0.6) is 0 Å². The Labute approximate surface area is 149 Å². The number of carbonyl (C=O) groups is 1. The summed E-state index contributed by atoms with van der Waals surface area (Å²) >= 11 is 9.09. The molecule has 1 aliphatic rings. The maximum absolute atomic E-state index is 12.5. The summed E-state index contributed by atoms with van der Waals surface area (Å²) in [5.41, 5.74) is 0.721. The lowest BCUT2D eigenvalue weighted by Crippen LogP contribution is -2.23. The van der Waals surface area contributed by atoms with E-state index >= 15 is 0 Å². The van der Waals surface area contributed by atoms with Crippen LogP contribution < -0.4 is 5.32 Å². The first kappa shape index (κ1) is 16.8. The number of ether oxygens (including phenoxy) is 1. The lowest BCUT2D eigenvalue weighted by molar-refractivity contribution is 0.0948. The highest BCUT2D eigenvalue weighted by Gasteiger charge is 2.17. The van der Waals surface area contributed by atoms with Gasteiger partial charge in [0.1, 0.15) is 0 Å². The fourth-order valence-electron chi connectivity index (χ4n) is 2.45. The highest BCUT2D eigenvalue weighted by atomic mass is 35.5. The molecule has 6 heteroatoms. The van der Waals surface area contributed by atoms with Crippen LogP contribution in [0.25, 0.3) is 0 Å². The Bertz CT molecular complexity index is 668. The van der Waals surface area contributed by atoms with Crippen LogP contribution in [0.3, 0.4) is 0 Å². The third-order valence-corrected chi connectivity index (χ3v) is 6.07. The maximum atomic E-state index is 12.5. The molecule has 2 heterocycles. The molecule has 1 aromatic heterocycles. The topological polar surface area (TPSA) is 38.3 Å². The molecule has 23 heavy (non-hydrogen) atoms. The molecule has 2 aromatic rings. The Morgan fingerprint density at radius 3 is 2.96 bits per heavy atom. The van der Waals surface area contributed by atoms with Gasteiger partial charge in [-0.05, 0) is 37.1 Å². The highest BCUT2D eigenvalue weighted by molar-refractivity contribution is 7.99. The molecule has 0 spiro atoms. The summed E-state index contributed by atoms with van der Waals surface area (Å²) in [6.45, 7) is 1.36. The molecule has 3 rings (SSSR count). The fourth-order valence-corrected chi connectivity index (χ4v) is 4.59. The van der Waals surface area contributed by atoms with Crippen molar-refractivity contribution in [3.63, 3.8) is 0 Å². The first-order valence-electron chi connectivity index (χ1n) is 7.58. The number of hydrogen-bond donors (Lipinski definition) is 1. The summed E-state index contributed by atoms with van der Waals surface area (Å²) in [5, 5.41) is 2.97. The Hall–Kier alpha value is -1.01. The van der Waals surface area contributed by atoms with Crippen molar-refractivity contribution in [2.75, 3.05) is 12.4 Å². The third-order valence-electron chi connectivity index (χ3n) is 3.63. The van der Waals surface area contributed by atoms with Gasteiger partial charge in [-0.1, -0.05) is 23.7 Å². The number of thiophene rings is 1. The molecule has 0 aliphatic carbocycles. The Kier molecular flexibility index (Phi) is 6.00. The van der Waals surface area contributed by atoms with Crippen molar-refractivity contribution >= 4 is 40.6 Å². The summed E-state index contributed by atoms with van der Waals surface area (Å²) in [4.78, 5) is 14.5. The average Bonchev–Trinajstić information content (AvgIpc) is 3.22. The van der Waals surface area contributed by atoms with Gasteiger partial charge in [-0.2, -0.15) is 0 Å². The van der Waals surface area contributed by atoms with Gasteiger partial charge in [0.15, 0.2) is 0 Å². The predicted octanol–water partition coefficient (Wildman–Crippen LogP) is 4.60. The number of thioether (sulfide) groups is 1. The van der Waals surface area contributed by atoms with Gasteiger partial charge in [-0.25, -0.2) is 0 Å². The van der Waals surface area contributed by atoms with Crippen LogP contribution in [0.15, 0.2) is 41.3 Å². The minimum atomic E-state index is -0.0510. The highest BCUT2D eigenvalue weighted by Crippen LogP contribution is 2.27. The lowest BCUT2D eigenvalue weighted by Gasteiger charge is -2.12. The average molecular weight is 368 g/mol. The van der Waals surface area contributed by atoms with Crippen LogP contribution >= 0.6 is 34.7 Å². The number of carbonyl (C=O) groups excluding carboxylic acids is 1. The van der Waals surface area contributed by atoms with E-state index in [4.69, 9.17) is 16.3 Å². The molecule has 0 bridgehead atoms. The zero-order valence-corrected chi connectivity index (χ0v) is 15.0. The third kappa shape index (κ3) is 4.73. The molecule has 0 saturated carbocycles. The van der Waals surface area contributed by atoms with Crippen LogP contribution in [-0.2, 0) is 11.3 Å². The number of nitrogens with one attached hydrogen (secondary N) is 1. The molecule has 1 aromatic carbocycles. The first-order valence-corrected chi connectivity index (χ1v) is 9.76. The molecule has 1 unspecified atom stereocenters. The van der Waals surface area contributed by atoms with Gasteiger partial charge in [0.05, 0.1) is 22.5 Å². The van der Waals surface area contributed by atoms with E-state index in [9.17, 15) is 4.79 Å². The normalized spacial score (nSPS) is 17.3. The molecule has 1 fully saturated rings. The SMILES string of the molecule is O=C(NCc1ccc(Cl)s1)c1ccccc1SCC1CCCO1. The standard InChI is InChI=1S/C17H18ClNO2S2/c18-16-8-7-13(23-16)10-19-17(20)14-5-1-2-6-15(14)22-11-12-4-3-9-21-12/h1-2,5-8,12H,3-4,9-11H2,(H,19,20). The quantitative estimate of drug-likeness (QED) is 0.758. The predicted molar refractivity (Wildman–Crippen MR) is 96.6 cm³/mol. The molecule has 1 N–H and O–H groups in total. The Balaban J connectivity index is 1.60. The molecule has 3 nitrogen and oxygen atoms in total. The van der Waals surface area contributed by atoms with E-state index in [-0.39, 0.29) is 5.91 Å². The lowest BCUT2D eigenvalue weighted by atomic mass is 10.2. The number of amides is 1.